The lowest BCUT2D eigenvalue weighted by molar-refractivity contribution is 0.168. The van der Waals surface area contributed by atoms with Gasteiger partial charge < -0.3 is 4.74 Å². The van der Waals surface area contributed by atoms with Crippen molar-refractivity contribution in [3.63, 3.8) is 0 Å². The third-order valence-electron chi connectivity index (χ3n) is 1.35. The molecule has 1 aromatic rings. The van der Waals surface area contributed by atoms with E-state index in [1.807, 2.05) is 0 Å². The first-order valence-electron chi connectivity index (χ1n) is 3.91. The highest BCUT2D eigenvalue weighted by Crippen LogP contribution is 2.08. The minimum Gasteiger partial charge on any atom is -0.450 e. The van der Waals surface area contributed by atoms with Gasteiger partial charge >= 0.3 is 6.09 Å². The molecule has 0 heterocycles. The molecule has 0 aromatic heterocycles. The molecule has 0 unspecified atom stereocenters. The molecule has 0 spiro atoms. The van der Waals surface area contributed by atoms with Gasteiger partial charge in [0.25, 0.3) is 0 Å². The van der Waals surface area contributed by atoms with Crippen molar-refractivity contribution in [3.05, 3.63) is 30.1 Å². The molecule has 0 bridgehead atoms. The second-order valence-electron chi connectivity index (χ2n) is 2.36. The van der Waals surface area contributed by atoms with Gasteiger partial charge in [-0.15, -0.1) is 0 Å². The van der Waals surface area contributed by atoms with Crippen LogP contribution in [0.4, 0.5) is 14.9 Å². The van der Waals surface area contributed by atoms with Crippen molar-refractivity contribution in [2.75, 3.05) is 11.9 Å². The second-order valence-corrected chi connectivity index (χ2v) is 2.36. The van der Waals surface area contributed by atoms with Crippen molar-refractivity contribution in [1.29, 1.82) is 0 Å². The number of rotatable bonds is 2. The third-order valence-corrected chi connectivity index (χ3v) is 1.35. The van der Waals surface area contributed by atoms with E-state index in [4.69, 9.17) is 0 Å². The van der Waals surface area contributed by atoms with Gasteiger partial charge in [0.1, 0.15) is 5.82 Å². The molecular weight excluding hydrogens is 173 g/mol. The Morgan fingerprint density at radius 2 is 2.38 bits per heavy atom. The summed E-state index contributed by atoms with van der Waals surface area (Å²) in [5.41, 5.74) is 0.387. The Kier molecular flexibility index (Phi) is 3.25. The van der Waals surface area contributed by atoms with E-state index in [1.165, 1.54) is 18.2 Å². The number of anilines is 1. The van der Waals surface area contributed by atoms with E-state index in [0.717, 1.165) is 0 Å². The molecule has 4 heteroatoms. The van der Waals surface area contributed by atoms with Crippen LogP contribution in [-0.4, -0.2) is 12.7 Å². The van der Waals surface area contributed by atoms with Crippen molar-refractivity contribution in [2.24, 2.45) is 0 Å². The first-order valence-corrected chi connectivity index (χ1v) is 3.91. The lowest BCUT2D eigenvalue weighted by Gasteiger charge is -2.04. The van der Waals surface area contributed by atoms with Gasteiger partial charge in [0.2, 0.25) is 0 Å². The summed E-state index contributed by atoms with van der Waals surface area (Å²) in [6.45, 7) is 1.99. The molecule has 1 aromatic carbocycles. The standard InChI is InChI=1S/C9H10FNO2/c1-2-13-9(12)11-8-5-3-4-7(10)6-8/h3-6H,2H2,1H3,(H,11,12). The average Bonchev–Trinajstić information content (AvgIpc) is 2.04. The molecular formula is C9H10FNO2. The SMILES string of the molecule is CCOC(=O)Nc1cccc(F)c1. The van der Waals surface area contributed by atoms with E-state index in [-0.39, 0.29) is 0 Å². The van der Waals surface area contributed by atoms with E-state index >= 15 is 0 Å². The van der Waals surface area contributed by atoms with Crippen LogP contribution in [0.25, 0.3) is 0 Å². The second kappa shape index (κ2) is 4.45. The first kappa shape index (κ1) is 9.51. The quantitative estimate of drug-likeness (QED) is 0.764. The van der Waals surface area contributed by atoms with Crippen LogP contribution in [-0.2, 0) is 4.74 Å². The Labute approximate surface area is 75.5 Å². The Hall–Kier alpha value is -1.58. The van der Waals surface area contributed by atoms with E-state index in [2.05, 4.69) is 10.1 Å². The molecule has 70 valence electrons. The lowest BCUT2D eigenvalue weighted by atomic mass is 10.3. The summed E-state index contributed by atoms with van der Waals surface area (Å²) in [5, 5.41) is 2.38. The predicted molar refractivity (Wildman–Crippen MR) is 47.0 cm³/mol. The van der Waals surface area contributed by atoms with Crippen LogP contribution >= 0.6 is 0 Å². The van der Waals surface area contributed by atoms with Crippen molar-refractivity contribution >= 4 is 11.8 Å². The number of benzene rings is 1. The predicted octanol–water partition coefficient (Wildman–Crippen LogP) is 2.39. The van der Waals surface area contributed by atoms with Crippen LogP contribution in [0, 0.1) is 5.82 Å². The van der Waals surface area contributed by atoms with Crippen molar-refractivity contribution in [1.82, 2.24) is 0 Å². The molecule has 0 aliphatic carbocycles. The number of nitrogens with one attached hydrogen (secondary N) is 1. The van der Waals surface area contributed by atoms with Gasteiger partial charge in [-0.05, 0) is 25.1 Å². The molecule has 1 amide bonds. The number of amides is 1. The fourth-order valence-electron chi connectivity index (χ4n) is 0.851. The summed E-state index contributed by atoms with van der Waals surface area (Å²) >= 11 is 0. The van der Waals surface area contributed by atoms with Crippen LogP contribution in [0.5, 0.6) is 0 Å². The summed E-state index contributed by atoms with van der Waals surface area (Å²) < 4.78 is 17.2. The van der Waals surface area contributed by atoms with E-state index in [1.54, 1.807) is 13.0 Å². The van der Waals surface area contributed by atoms with Gasteiger partial charge in [0.15, 0.2) is 0 Å². The average molecular weight is 183 g/mol. The minimum absolute atomic E-state index is 0.293. The van der Waals surface area contributed by atoms with Crippen LogP contribution in [0.3, 0.4) is 0 Å². The number of halogens is 1. The van der Waals surface area contributed by atoms with Crippen LogP contribution < -0.4 is 5.32 Å². The Morgan fingerprint density at radius 1 is 1.62 bits per heavy atom. The molecule has 3 nitrogen and oxygen atoms in total. The van der Waals surface area contributed by atoms with Crippen LogP contribution in [0.1, 0.15) is 6.92 Å². The molecule has 0 atom stereocenters. The summed E-state index contributed by atoms with van der Waals surface area (Å²) in [4.78, 5) is 10.9. The van der Waals surface area contributed by atoms with Gasteiger partial charge in [0.05, 0.1) is 6.61 Å². The Balaban J connectivity index is 2.58. The largest absolute Gasteiger partial charge is 0.450 e. The fraction of sp³-hybridized carbons (Fsp3) is 0.222. The molecule has 0 aliphatic heterocycles. The number of carbonyl (C=O) groups is 1. The van der Waals surface area contributed by atoms with Gasteiger partial charge in [-0.2, -0.15) is 0 Å². The highest BCUT2D eigenvalue weighted by molar-refractivity contribution is 5.84. The Bertz CT molecular complexity index is 301. The molecule has 1 rings (SSSR count). The summed E-state index contributed by atoms with van der Waals surface area (Å²) in [6.07, 6.45) is -0.576. The minimum atomic E-state index is -0.576. The maximum Gasteiger partial charge on any atom is 0.411 e. The van der Waals surface area contributed by atoms with Crippen molar-refractivity contribution in [3.8, 4) is 0 Å². The highest BCUT2D eigenvalue weighted by atomic mass is 19.1. The summed E-state index contributed by atoms with van der Waals surface area (Å²) in [6, 6.07) is 5.62. The van der Waals surface area contributed by atoms with Crippen molar-refractivity contribution < 1.29 is 13.9 Å². The first-order chi connectivity index (χ1) is 6.22. The molecule has 0 radical (unpaired) electrons. The van der Waals surface area contributed by atoms with Gasteiger partial charge in [-0.25, -0.2) is 9.18 Å². The smallest absolute Gasteiger partial charge is 0.411 e. The van der Waals surface area contributed by atoms with Gasteiger partial charge in [-0.3, -0.25) is 5.32 Å². The maximum absolute atomic E-state index is 12.6. The molecule has 0 aliphatic rings. The number of carbonyl (C=O) groups excluding carboxylic acids is 1. The topological polar surface area (TPSA) is 38.3 Å². The fourth-order valence-corrected chi connectivity index (χ4v) is 0.851. The van der Waals surface area contributed by atoms with E-state index in [0.29, 0.717) is 12.3 Å². The number of hydrogen-bond acceptors (Lipinski definition) is 2. The molecule has 0 fully saturated rings. The van der Waals surface area contributed by atoms with Gasteiger partial charge in [0, 0.05) is 5.69 Å². The van der Waals surface area contributed by atoms with Crippen molar-refractivity contribution in [2.45, 2.75) is 6.92 Å². The van der Waals surface area contributed by atoms with Crippen LogP contribution in [0.2, 0.25) is 0 Å². The summed E-state index contributed by atoms with van der Waals surface area (Å²) in [7, 11) is 0. The zero-order valence-corrected chi connectivity index (χ0v) is 7.21. The normalized spacial score (nSPS) is 9.38. The Morgan fingerprint density at radius 3 is 3.00 bits per heavy atom. The van der Waals surface area contributed by atoms with Gasteiger partial charge in [-0.1, -0.05) is 6.07 Å². The maximum atomic E-state index is 12.6. The molecule has 13 heavy (non-hydrogen) atoms. The van der Waals surface area contributed by atoms with E-state index in [9.17, 15) is 9.18 Å². The summed E-state index contributed by atoms with van der Waals surface area (Å²) in [5.74, 6) is -0.394. The van der Waals surface area contributed by atoms with E-state index < -0.39 is 11.9 Å². The monoisotopic (exact) mass is 183 g/mol. The molecule has 1 N–H and O–H groups in total. The van der Waals surface area contributed by atoms with Crippen LogP contribution in [0.15, 0.2) is 24.3 Å². The zero-order valence-electron chi connectivity index (χ0n) is 7.21. The molecule has 0 saturated carbocycles. The number of hydrogen-bond donors (Lipinski definition) is 1. The highest BCUT2D eigenvalue weighted by Gasteiger charge is 2.01. The zero-order chi connectivity index (χ0) is 9.68. The number of ether oxygens (including phenoxy) is 1. The molecule has 0 saturated heterocycles. The lowest BCUT2D eigenvalue weighted by Crippen LogP contribution is -2.13. The third kappa shape index (κ3) is 3.11.